The van der Waals surface area contributed by atoms with E-state index in [1.165, 1.54) is 161 Å². The number of nitrogens with one attached hydrogen (secondary N) is 1. The molecule has 0 saturated carbocycles. The molecule has 69 heavy (non-hydrogen) atoms. The molecular formula is C60H107NO8. The monoisotopic (exact) mass is 970 g/mol. The Morgan fingerprint density at radius 3 is 1.39 bits per heavy atom. The van der Waals surface area contributed by atoms with E-state index in [4.69, 9.17) is 9.47 Å². The van der Waals surface area contributed by atoms with Crippen LogP contribution in [0.4, 0.5) is 0 Å². The van der Waals surface area contributed by atoms with E-state index >= 15 is 0 Å². The van der Waals surface area contributed by atoms with E-state index in [9.17, 15) is 30.3 Å². The molecule has 0 aliphatic carbocycles. The van der Waals surface area contributed by atoms with Crippen molar-refractivity contribution in [3.05, 3.63) is 72.9 Å². The van der Waals surface area contributed by atoms with Crippen LogP contribution in [0.5, 0.6) is 0 Å². The lowest BCUT2D eigenvalue weighted by molar-refractivity contribution is -0.302. The van der Waals surface area contributed by atoms with Crippen molar-refractivity contribution in [2.75, 3.05) is 13.2 Å². The maximum absolute atomic E-state index is 13.0. The van der Waals surface area contributed by atoms with Gasteiger partial charge in [-0.15, -0.1) is 0 Å². The third-order valence-electron chi connectivity index (χ3n) is 13.3. The first-order valence-electron chi connectivity index (χ1n) is 28.7. The fourth-order valence-electron chi connectivity index (χ4n) is 8.75. The molecule has 0 radical (unpaired) electrons. The largest absolute Gasteiger partial charge is 0.394 e. The Hall–Kier alpha value is -2.37. The van der Waals surface area contributed by atoms with Crippen LogP contribution in [0.15, 0.2) is 72.9 Å². The maximum atomic E-state index is 13.0. The second-order valence-corrected chi connectivity index (χ2v) is 19.7. The van der Waals surface area contributed by atoms with E-state index < -0.39 is 49.5 Å². The van der Waals surface area contributed by atoms with Crippen molar-refractivity contribution in [3.8, 4) is 0 Å². The number of rotatable bonds is 48. The molecule has 9 heteroatoms. The number of hydrogen-bond acceptors (Lipinski definition) is 8. The summed E-state index contributed by atoms with van der Waals surface area (Å²) in [4.78, 5) is 13.0. The van der Waals surface area contributed by atoms with Gasteiger partial charge in [-0.05, 0) is 70.6 Å². The van der Waals surface area contributed by atoms with Gasteiger partial charge in [-0.2, -0.15) is 0 Å². The molecule has 1 saturated heterocycles. The van der Waals surface area contributed by atoms with Crippen molar-refractivity contribution < 1.29 is 39.8 Å². The zero-order valence-electron chi connectivity index (χ0n) is 44.3. The molecule has 0 spiro atoms. The predicted molar refractivity (Wildman–Crippen MR) is 290 cm³/mol. The number of allylic oxidation sites excluding steroid dienone is 11. The van der Waals surface area contributed by atoms with Crippen LogP contribution >= 0.6 is 0 Å². The second kappa shape index (κ2) is 49.2. The van der Waals surface area contributed by atoms with Gasteiger partial charge in [0.25, 0.3) is 0 Å². The Labute approximate surface area is 423 Å². The summed E-state index contributed by atoms with van der Waals surface area (Å²) in [7, 11) is 0. The van der Waals surface area contributed by atoms with Crippen LogP contribution in [0.2, 0.25) is 0 Å². The number of amides is 1. The molecule has 0 aromatic rings. The molecule has 7 unspecified atom stereocenters. The fourth-order valence-corrected chi connectivity index (χ4v) is 8.75. The molecule has 1 aliphatic heterocycles. The molecule has 1 amide bonds. The van der Waals surface area contributed by atoms with Crippen molar-refractivity contribution >= 4 is 5.91 Å². The molecule has 6 N–H and O–H groups in total. The van der Waals surface area contributed by atoms with Crippen LogP contribution in [0.1, 0.15) is 245 Å². The first kappa shape index (κ1) is 64.6. The zero-order valence-corrected chi connectivity index (χ0v) is 44.3. The summed E-state index contributed by atoms with van der Waals surface area (Å²) in [5.41, 5.74) is 0. The smallest absolute Gasteiger partial charge is 0.220 e. The fraction of sp³-hybridized carbons (Fsp3) is 0.783. The van der Waals surface area contributed by atoms with Crippen LogP contribution < -0.4 is 5.32 Å². The lowest BCUT2D eigenvalue weighted by Crippen LogP contribution is -2.60. The van der Waals surface area contributed by atoms with Crippen molar-refractivity contribution in [1.82, 2.24) is 5.32 Å². The van der Waals surface area contributed by atoms with Crippen LogP contribution in [0.25, 0.3) is 0 Å². The molecule has 0 aromatic heterocycles. The van der Waals surface area contributed by atoms with Crippen molar-refractivity contribution in [1.29, 1.82) is 0 Å². The minimum Gasteiger partial charge on any atom is -0.394 e. The Kier molecular flexibility index (Phi) is 46.1. The normalized spacial score (nSPS) is 20.0. The summed E-state index contributed by atoms with van der Waals surface area (Å²) in [5, 5.41) is 54.3. The number of aliphatic hydroxyl groups is 5. The number of carbonyl (C=O) groups is 1. The summed E-state index contributed by atoms with van der Waals surface area (Å²) in [5.74, 6) is -0.187. The van der Waals surface area contributed by atoms with Gasteiger partial charge >= 0.3 is 0 Å². The third kappa shape index (κ3) is 38.9. The van der Waals surface area contributed by atoms with Crippen LogP contribution in [-0.4, -0.2) is 87.5 Å². The minimum absolute atomic E-state index is 0.187. The molecule has 0 aromatic carbocycles. The van der Waals surface area contributed by atoms with E-state index in [1.54, 1.807) is 6.08 Å². The molecule has 400 valence electrons. The van der Waals surface area contributed by atoms with Gasteiger partial charge < -0.3 is 40.3 Å². The first-order chi connectivity index (χ1) is 33.8. The van der Waals surface area contributed by atoms with Crippen LogP contribution in [0.3, 0.4) is 0 Å². The highest BCUT2D eigenvalue weighted by atomic mass is 16.7. The van der Waals surface area contributed by atoms with Gasteiger partial charge in [-0.1, -0.05) is 241 Å². The summed E-state index contributed by atoms with van der Waals surface area (Å²) >= 11 is 0. The lowest BCUT2D eigenvalue weighted by Gasteiger charge is -2.40. The van der Waals surface area contributed by atoms with E-state index in [2.05, 4.69) is 79.9 Å². The maximum Gasteiger partial charge on any atom is 0.220 e. The number of aliphatic hydroxyl groups excluding tert-OH is 5. The SMILES string of the molecule is CC/C=C\C/C=C\C/C=C\C/C=C\CCCCCCCCCCCCCCCCCCCCCCC(=O)NC(COC1OC(CO)C(O)C(O)C1O)C(O)/C=C/CC/C=C/CCCCCCCCC. The van der Waals surface area contributed by atoms with Gasteiger partial charge in [0.05, 0.1) is 25.4 Å². The Bertz CT molecular complexity index is 1310. The van der Waals surface area contributed by atoms with E-state index in [0.29, 0.717) is 6.42 Å². The van der Waals surface area contributed by atoms with Crippen LogP contribution in [-0.2, 0) is 14.3 Å². The standard InChI is InChI=1S/C60H107NO8/c1-3-5-7-9-11-13-15-17-18-19-20-21-22-23-24-25-26-27-28-29-30-31-32-33-34-35-36-38-40-42-44-46-48-50-56(64)61-53(52-68-60-59(67)58(66)57(65)55(51-62)69-60)54(63)49-47-45-43-41-39-37-16-14-12-10-8-6-4-2/h5,7,11,13,17-18,20-21,39,41,47,49,53-55,57-60,62-63,65-67H,3-4,6,8-10,12,14-16,19,22-38,40,42-46,48,50-52H2,1-2H3,(H,61,64)/b7-5-,13-11-,18-17-,21-20-,41-39+,49-47+. The van der Waals surface area contributed by atoms with Gasteiger partial charge in [-0.3, -0.25) is 4.79 Å². The molecule has 1 rings (SSSR count). The molecule has 7 atom stereocenters. The van der Waals surface area contributed by atoms with Crippen LogP contribution in [0, 0.1) is 0 Å². The first-order valence-corrected chi connectivity index (χ1v) is 28.7. The van der Waals surface area contributed by atoms with Gasteiger partial charge in [0, 0.05) is 6.42 Å². The van der Waals surface area contributed by atoms with Gasteiger partial charge in [0.15, 0.2) is 6.29 Å². The Balaban J connectivity index is 2.13. The summed E-state index contributed by atoms with van der Waals surface area (Å²) in [6.45, 7) is 3.64. The summed E-state index contributed by atoms with van der Waals surface area (Å²) in [6.07, 6.45) is 61.3. The zero-order chi connectivity index (χ0) is 50.1. The highest BCUT2D eigenvalue weighted by Gasteiger charge is 2.44. The Morgan fingerprint density at radius 2 is 0.913 bits per heavy atom. The van der Waals surface area contributed by atoms with Crippen molar-refractivity contribution in [3.63, 3.8) is 0 Å². The topological polar surface area (TPSA) is 149 Å². The molecule has 0 bridgehead atoms. The summed E-state index contributed by atoms with van der Waals surface area (Å²) in [6, 6.07) is -0.822. The molecule has 1 heterocycles. The average Bonchev–Trinajstić information content (AvgIpc) is 3.35. The second-order valence-electron chi connectivity index (χ2n) is 19.7. The third-order valence-corrected chi connectivity index (χ3v) is 13.3. The number of hydrogen-bond donors (Lipinski definition) is 6. The van der Waals surface area contributed by atoms with Gasteiger partial charge in [-0.25, -0.2) is 0 Å². The van der Waals surface area contributed by atoms with Gasteiger partial charge in [0.1, 0.15) is 24.4 Å². The molecular weight excluding hydrogens is 863 g/mol. The average molecular weight is 971 g/mol. The molecule has 1 fully saturated rings. The van der Waals surface area contributed by atoms with E-state index in [1.807, 2.05) is 6.08 Å². The number of unbranched alkanes of at least 4 members (excludes halogenated alkanes) is 28. The minimum atomic E-state index is -1.57. The quantitative estimate of drug-likeness (QED) is 0.0261. The highest BCUT2D eigenvalue weighted by Crippen LogP contribution is 2.23. The Morgan fingerprint density at radius 1 is 0.507 bits per heavy atom. The predicted octanol–water partition coefficient (Wildman–Crippen LogP) is 14.1. The highest BCUT2D eigenvalue weighted by molar-refractivity contribution is 5.76. The summed E-state index contributed by atoms with van der Waals surface area (Å²) < 4.78 is 11.2. The number of ether oxygens (including phenoxy) is 2. The number of carbonyl (C=O) groups excluding carboxylic acids is 1. The van der Waals surface area contributed by atoms with Crippen molar-refractivity contribution in [2.45, 2.75) is 288 Å². The van der Waals surface area contributed by atoms with E-state index in [-0.39, 0.29) is 12.5 Å². The lowest BCUT2D eigenvalue weighted by atomic mass is 9.99. The van der Waals surface area contributed by atoms with Crippen molar-refractivity contribution in [2.24, 2.45) is 0 Å². The molecule has 9 nitrogen and oxygen atoms in total. The van der Waals surface area contributed by atoms with Gasteiger partial charge in [0.2, 0.25) is 5.91 Å². The molecule has 1 aliphatic rings. The van der Waals surface area contributed by atoms with E-state index in [0.717, 1.165) is 64.2 Å².